The maximum atomic E-state index is 11.6. The summed E-state index contributed by atoms with van der Waals surface area (Å²) in [5, 5.41) is 19.2. The zero-order valence-corrected chi connectivity index (χ0v) is 12.7. The van der Waals surface area contributed by atoms with Crippen LogP contribution in [0.3, 0.4) is 0 Å². The standard InChI is InChI=1S/C17H17NO5/c1-10(19)18-11(2-4-12-14(20)6-7-15(12)21)3-5-13-16(22)8-9-17(13)23/h2-5,20,22H,6-9H2,1H3/b4-2+,5-3?,18-11?. The molecule has 0 aromatic rings. The number of allylic oxidation sites excluding steroid dienone is 8. The molecular weight excluding hydrogens is 298 g/mol. The topological polar surface area (TPSA) is 104 Å². The molecule has 120 valence electrons. The lowest BCUT2D eigenvalue weighted by molar-refractivity contribution is -0.116. The number of nitrogens with zero attached hydrogens (tertiary/aromatic N) is 1. The van der Waals surface area contributed by atoms with Crippen molar-refractivity contribution >= 4 is 23.2 Å². The Morgan fingerprint density at radius 3 is 1.65 bits per heavy atom. The van der Waals surface area contributed by atoms with E-state index in [4.69, 9.17) is 0 Å². The minimum absolute atomic E-state index is 0.0173. The predicted octanol–water partition coefficient (Wildman–Crippen LogP) is 2.44. The van der Waals surface area contributed by atoms with E-state index in [1.165, 1.54) is 31.2 Å². The number of hydrogen-bond donors (Lipinski definition) is 2. The number of ketones is 2. The average molecular weight is 315 g/mol. The molecule has 0 saturated heterocycles. The third kappa shape index (κ3) is 4.12. The molecule has 0 aromatic carbocycles. The van der Waals surface area contributed by atoms with Gasteiger partial charge in [0.1, 0.15) is 11.5 Å². The molecule has 6 nitrogen and oxygen atoms in total. The van der Waals surface area contributed by atoms with Gasteiger partial charge < -0.3 is 10.2 Å². The molecule has 0 aliphatic heterocycles. The Bertz CT molecular complexity index is 667. The summed E-state index contributed by atoms with van der Waals surface area (Å²) in [6.45, 7) is 1.27. The third-order valence-electron chi connectivity index (χ3n) is 3.53. The zero-order chi connectivity index (χ0) is 17.0. The van der Waals surface area contributed by atoms with Crippen molar-refractivity contribution in [3.05, 3.63) is 47.0 Å². The average Bonchev–Trinajstić information content (AvgIpc) is 2.97. The SMILES string of the molecule is CC(=O)N=C(C=CC1=C(O)CCC1=O)/C=C/C1=C(O)CCC1=O. The Morgan fingerprint density at radius 2 is 1.35 bits per heavy atom. The fourth-order valence-corrected chi connectivity index (χ4v) is 2.35. The lowest BCUT2D eigenvalue weighted by atomic mass is 10.1. The van der Waals surface area contributed by atoms with Gasteiger partial charge in [0, 0.05) is 32.6 Å². The normalized spacial score (nSPS) is 20.0. The van der Waals surface area contributed by atoms with Crippen molar-refractivity contribution in [3.63, 3.8) is 0 Å². The van der Waals surface area contributed by atoms with Crippen LogP contribution in [-0.2, 0) is 14.4 Å². The van der Waals surface area contributed by atoms with E-state index in [0.717, 1.165) is 0 Å². The molecule has 1 amide bonds. The van der Waals surface area contributed by atoms with Gasteiger partial charge in [-0.15, -0.1) is 0 Å². The zero-order valence-electron chi connectivity index (χ0n) is 12.7. The maximum absolute atomic E-state index is 11.6. The Hall–Kier alpha value is -2.76. The van der Waals surface area contributed by atoms with Crippen molar-refractivity contribution in [2.75, 3.05) is 0 Å². The van der Waals surface area contributed by atoms with Gasteiger partial charge >= 0.3 is 0 Å². The van der Waals surface area contributed by atoms with Gasteiger partial charge in [0.25, 0.3) is 0 Å². The highest BCUT2D eigenvalue weighted by molar-refractivity contribution is 6.12. The van der Waals surface area contributed by atoms with Crippen molar-refractivity contribution in [2.24, 2.45) is 4.99 Å². The van der Waals surface area contributed by atoms with Gasteiger partial charge in [-0.3, -0.25) is 14.4 Å². The van der Waals surface area contributed by atoms with Gasteiger partial charge in [0.05, 0.1) is 16.9 Å². The van der Waals surface area contributed by atoms with E-state index in [1.807, 2.05) is 0 Å². The number of amides is 1. The van der Waals surface area contributed by atoms with E-state index in [2.05, 4.69) is 4.99 Å². The molecule has 0 radical (unpaired) electrons. The first-order chi connectivity index (χ1) is 10.9. The number of aliphatic imine (C=N–C) groups is 1. The van der Waals surface area contributed by atoms with Crippen molar-refractivity contribution < 1.29 is 24.6 Å². The molecule has 2 N–H and O–H groups in total. The number of carbonyl (C=O) groups is 3. The van der Waals surface area contributed by atoms with Crippen LogP contribution in [0.5, 0.6) is 0 Å². The molecule has 0 fully saturated rings. The van der Waals surface area contributed by atoms with Crippen LogP contribution in [0.25, 0.3) is 0 Å². The molecule has 0 saturated carbocycles. The molecule has 2 aliphatic carbocycles. The predicted molar refractivity (Wildman–Crippen MR) is 84.2 cm³/mol. The monoisotopic (exact) mass is 315 g/mol. The summed E-state index contributed by atoms with van der Waals surface area (Å²) in [5.74, 6) is -0.749. The first kappa shape index (κ1) is 16.6. The Labute approximate surface area is 133 Å². The largest absolute Gasteiger partial charge is 0.512 e. The molecule has 2 rings (SSSR count). The summed E-state index contributed by atoms with van der Waals surface area (Å²) in [6, 6.07) is 0. The summed E-state index contributed by atoms with van der Waals surface area (Å²) in [5.41, 5.74) is 0.625. The Morgan fingerprint density at radius 1 is 0.913 bits per heavy atom. The molecule has 0 aromatic heterocycles. The molecule has 0 bridgehead atoms. The van der Waals surface area contributed by atoms with Gasteiger partial charge in [-0.25, -0.2) is 4.99 Å². The van der Waals surface area contributed by atoms with Crippen LogP contribution in [0.1, 0.15) is 32.6 Å². The van der Waals surface area contributed by atoms with Gasteiger partial charge in [0.2, 0.25) is 5.91 Å². The lowest BCUT2D eigenvalue weighted by Crippen LogP contribution is -1.99. The minimum Gasteiger partial charge on any atom is -0.512 e. The fraction of sp³-hybridized carbons (Fsp3) is 0.294. The van der Waals surface area contributed by atoms with Gasteiger partial charge in [-0.05, 0) is 24.3 Å². The smallest absolute Gasteiger partial charge is 0.243 e. The van der Waals surface area contributed by atoms with Gasteiger partial charge in [0.15, 0.2) is 11.6 Å². The molecule has 0 atom stereocenters. The second-order valence-electron chi connectivity index (χ2n) is 5.29. The van der Waals surface area contributed by atoms with E-state index in [1.54, 1.807) is 0 Å². The molecule has 23 heavy (non-hydrogen) atoms. The van der Waals surface area contributed by atoms with E-state index in [0.29, 0.717) is 12.8 Å². The number of Topliss-reactive ketones (excluding diaryl/α,β-unsaturated/α-hetero) is 2. The van der Waals surface area contributed by atoms with Crippen LogP contribution in [0.2, 0.25) is 0 Å². The van der Waals surface area contributed by atoms with Crippen molar-refractivity contribution in [2.45, 2.75) is 32.6 Å². The second-order valence-corrected chi connectivity index (χ2v) is 5.29. The summed E-state index contributed by atoms with van der Waals surface area (Å²) in [6.07, 6.45) is 6.79. The summed E-state index contributed by atoms with van der Waals surface area (Å²) in [7, 11) is 0. The lowest BCUT2D eigenvalue weighted by Gasteiger charge is -1.96. The van der Waals surface area contributed by atoms with Crippen molar-refractivity contribution in [1.29, 1.82) is 0 Å². The number of aliphatic hydroxyl groups excluding tert-OH is 2. The Kier molecular flexibility index (Phi) is 5.05. The molecule has 0 heterocycles. The van der Waals surface area contributed by atoms with Crippen LogP contribution >= 0.6 is 0 Å². The molecule has 2 aliphatic rings. The van der Waals surface area contributed by atoms with Crippen LogP contribution in [0.15, 0.2) is 52.0 Å². The molecule has 0 unspecified atom stereocenters. The quantitative estimate of drug-likeness (QED) is 0.775. The number of carbonyl (C=O) groups excluding carboxylic acids is 3. The first-order valence-electron chi connectivity index (χ1n) is 7.24. The molecule has 6 heteroatoms. The second kappa shape index (κ2) is 7.00. The highest BCUT2D eigenvalue weighted by Crippen LogP contribution is 2.22. The van der Waals surface area contributed by atoms with Crippen LogP contribution < -0.4 is 0 Å². The van der Waals surface area contributed by atoms with Gasteiger partial charge in [-0.1, -0.05) is 0 Å². The maximum Gasteiger partial charge on any atom is 0.243 e. The van der Waals surface area contributed by atoms with Crippen molar-refractivity contribution in [3.8, 4) is 0 Å². The molecular formula is C17H17NO5. The van der Waals surface area contributed by atoms with E-state index in [-0.39, 0.29) is 52.8 Å². The van der Waals surface area contributed by atoms with Crippen LogP contribution in [0.4, 0.5) is 0 Å². The van der Waals surface area contributed by atoms with E-state index < -0.39 is 5.91 Å². The fourth-order valence-electron chi connectivity index (χ4n) is 2.35. The number of aliphatic hydroxyl groups is 2. The van der Waals surface area contributed by atoms with Crippen LogP contribution in [-0.4, -0.2) is 33.4 Å². The Balaban J connectivity index is 2.24. The highest BCUT2D eigenvalue weighted by atomic mass is 16.3. The first-order valence-corrected chi connectivity index (χ1v) is 7.24. The highest BCUT2D eigenvalue weighted by Gasteiger charge is 2.21. The van der Waals surface area contributed by atoms with Crippen molar-refractivity contribution in [1.82, 2.24) is 0 Å². The van der Waals surface area contributed by atoms with E-state index >= 15 is 0 Å². The number of hydrogen-bond acceptors (Lipinski definition) is 5. The minimum atomic E-state index is -0.443. The number of rotatable bonds is 4. The molecule has 0 spiro atoms. The van der Waals surface area contributed by atoms with Gasteiger partial charge in [-0.2, -0.15) is 0 Å². The summed E-state index contributed by atoms with van der Waals surface area (Å²) >= 11 is 0. The van der Waals surface area contributed by atoms with E-state index in [9.17, 15) is 24.6 Å². The third-order valence-corrected chi connectivity index (χ3v) is 3.53. The summed E-state index contributed by atoms with van der Waals surface area (Å²) < 4.78 is 0. The summed E-state index contributed by atoms with van der Waals surface area (Å²) in [4.78, 5) is 38.2. The van der Waals surface area contributed by atoms with Crippen LogP contribution in [0, 0.1) is 0 Å².